The summed E-state index contributed by atoms with van der Waals surface area (Å²) < 4.78 is 3.43. The van der Waals surface area contributed by atoms with Gasteiger partial charge in [0.25, 0.3) is 0 Å². The van der Waals surface area contributed by atoms with Gasteiger partial charge in [-0.3, -0.25) is 0 Å². The molecule has 0 unspecified atom stereocenters. The van der Waals surface area contributed by atoms with Crippen molar-refractivity contribution in [3.8, 4) is 22.6 Å². The lowest BCUT2D eigenvalue weighted by atomic mass is 10.0. The summed E-state index contributed by atoms with van der Waals surface area (Å²) in [6, 6.07) is 36.2. The molecule has 2 aromatic heterocycles. The minimum absolute atomic E-state index is 0.753. The quantitative estimate of drug-likeness (QED) is 0.228. The molecule has 0 aliphatic rings. The second-order valence-electron chi connectivity index (χ2n) is 8.37. The van der Waals surface area contributed by atoms with Gasteiger partial charge in [-0.05, 0) is 45.8 Å². The van der Waals surface area contributed by atoms with Crippen LogP contribution in [0.5, 0.6) is 0 Å². The van der Waals surface area contributed by atoms with Crippen LogP contribution in [0.25, 0.3) is 64.5 Å². The van der Waals surface area contributed by atoms with Crippen molar-refractivity contribution in [3.63, 3.8) is 0 Å². The number of thiophene rings is 1. The van der Waals surface area contributed by atoms with Crippen LogP contribution < -0.4 is 0 Å². The van der Waals surface area contributed by atoms with Crippen molar-refractivity contribution in [2.75, 3.05) is 0 Å². The maximum Gasteiger partial charge on any atom is 0.161 e. The van der Waals surface area contributed by atoms with E-state index in [1.807, 2.05) is 0 Å². The Morgan fingerprint density at radius 3 is 2.24 bits per heavy atom. The van der Waals surface area contributed by atoms with E-state index in [9.17, 15) is 0 Å². The Balaban J connectivity index is 1.59. The summed E-state index contributed by atoms with van der Waals surface area (Å²) in [5.74, 6) is 0.753. The molecule has 5 aromatic carbocycles. The SMILES string of the molecule is Brc1ccc(-c2nc(-c3ccc4ccccc4c3)c3sc4ccccc4c3n2)c2ccccc12. The third kappa shape index (κ3) is 3.07. The fourth-order valence-electron chi connectivity index (χ4n) is 4.70. The van der Waals surface area contributed by atoms with E-state index in [4.69, 9.17) is 9.97 Å². The zero-order valence-corrected chi connectivity index (χ0v) is 20.4. The highest BCUT2D eigenvalue weighted by Crippen LogP contribution is 2.41. The number of hydrogen-bond donors (Lipinski definition) is 0. The predicted octanol–water partition coefficient (Wildman–Crippen LogP) is 9.25. The molecule has 2 nitrogen and oxygen atoms in total. The Kier molecular flexibility index (Phi) is 4.51. The summed E-state index contributed by atoms with van der Waals surface area (Å²) in [4.78, 5) is 10.4. The van der Waals surface area contributed by atoms with Crippen molar-refractivity contribution in [2.24, 2.45) is 0 Å². The monoisotopic (exact) mass is 516 g/mol. The van der Waals surface area contributed by atoms with Gasteiger partial charge < -0.3 is 0 Å². The van der Waals surface area contributed by atoms with Gasteiger partial charge in [0, 0.05) is 25.7 Å². The van der Waals surface area contributed by atoms with E-state index in [0.29, 0.717) is 0 Å². The molecular formula is C30H17BrN2S. The van der Waals surface area contributed by atoms with Crippen LogP contribution in [-0.4, -0.2) is 9.97 Å². The van der Waals surface area contributed by atoms with E-state index < -0.39 is 0 Å². The largest absolute Gasteiger partial charge is 0.226 e. The topological polar surface area (TPSA) is 25.8 Å². The fourth-order valence-corrected chi connectivity index (χ4v) is 6.33. The van der Waals surface area contributed by atoms with Crippen molar-refractivity contribution in [1.29, 1.82) is 0 Å². The lowest BCUT2D eigenvalue weighted by molar-refractivity contribution is 1.25. The molecule has 2 heterocycles. The molecule has 0 amide bonds. The summed E-state index contributed by atoms with van der Waals surface area (Å²) >= 11 is 5.47. The highest BCUT2D eigenvalue weighted by molar-refractivity contribution is 9.10. The van der Waals surface area contributed by atoms with E-state index >= 15 is 0 Å². The summed E-state index contributed by atoms with van der Waals surface area (Å²) in [7, 11) is 0. The standard InChI is InChI=1S/C30H17BrN2S/c31-25-16-15-23(21-9-3-4-10-22(21)25)30-32-27(20-14-13-18-7-1-2-8-19(18)17-20)29-28(33-30)24-11-5-6-12-26(24)34-29/h1-17H. The fraction of sp³-hybridized carbons (Fsp3) is 0. The predicted molar refractivity (Wildman–Crippen MR) is 149 cm³/mol. The lowest BCUT2D eigenvalue weighted by Crippen LogP contribution is -1.94. The first kappa shape index (κ1) is 19.8. The molecular weight excluding hydrogens is 500 g/mol. The molecule has 7 rings (SSSR count). The van der Waals surface area contributed by atoms with Gasteiger partial charge in [0.1, 0.15) is 0 Å². The smallest absolute Gasteiger partial charge is 0.161 e. The number of benzene rings is 5. The molecule has 4 heteroatoms. The van der Waals surface area contributed by atoms with Gasteiger partial charge in [-0.25, -0.2) is 9.97 Å². The van der Waals surface area contributed by atoms with Crippen molar-refractivity contribution in [2.45, 2.75) is 0 Å². The summed E-state index contributed by atoms with van der Waals surface area (Å²) in [6.07, 6.45) is 0. The first-order valence-electron chi connectivity index (χ1n) is 11.1. The van der Waals surface area contributed by atoms with Gasteiger partial charge in [0.15, 0.2) is 5.82 Å². The van der Waals surface area contributed by atoms with Crippen LogP contribution in [0.4, 0.5) is 0 Å². The van der Waals surface area contributed by atoms with Crippen LogP contribution in [0.2, 0.25) is 0 Å². The Morgan fingerprint density at radius 1 is 0.618 bits per heavy atom. The van der Waals surface area contributed by atoms with Crippen LogP contribution in [0.1, 0.15) is 0 Å². The molecule has 160 valence electrons. The zero-order valence-electron chi connectivity index (χ0n) is 18.0. The molecule has 0 saturated heterocycles. The molecule has 0 radical (unpaired) electrons. The third-order valence-electron chi connectivity index (χ3n) is 6.35. The van der Waals surface area contributed by atoms with Crippen molar-refractivity contribution in [3.05, 3.63) is 108 Å². The van der Waals surface area contributed by atoms with Gasteiger partial charge in [0.2, 0.25) is 0 Å². The molecule has 0 bridgehead atoms. The zero-order chi connectivity index (χ0) is 22.6. The summed E-state index contributed by atoms with van der Waals surface area (Å²) in [5.41, 5.74) is 4.15. The van der Waals surface area contributed by atoms with Gasteiger partial charge in [0.05, 0.1) is 15.9 Å². The molecule has 0 N–H and O–H groups in total. The van der Waals surface area contributed by atoms with Gasteiger partial charge >= 0.3 is 0 Å². The lowest BCUT2D eigenvalue weighted by Gasteiger charge is -2.11. The Labute approximate surface area is 208 Å². The molecule has 0 aliphatic heterocycles. The molecule has 34 heavy (non-hydrogen) atoms. The molecule has 0 atom stereocenters. The Morgan fingerprint density at radius 2 is 1.35 bits per heavy atom. The Bertz CT molecular complexity index is 1890. The van der Waals surface area contributed by atoms with Crippen molar-refractivity contribution in [1.82, 2.24) is 9.97 Å². The number of hydrogen-bond acceptors (Lipinski definition) is 3. The number of nitrogens with zero attached hydrogens (tertiary/aromatic N) is 2. The molecule has 0 spiro atoms. The second kappa shape index (κ2) is 7.73. The van der Waals surface area contributed by atoms with E-state index in [0.717, 1.165) is 48.1 Å². The van der Waals surface area contributed by atoms with Crippen LogP contribution in [0, 0.1) is 0 Å². The highest BCUT2D eigenvalue weighted by Gasteiger charge is 2.18. The average molecular weight is 517 g/mol. The van der Waals surface area contributed by atoms with Crippen molar-refractivity contribution >= 4 is 69.1 Å². The van der Waals surface area contributed by atoms with E-state index in [2.05, 4.69) is 119 Å². The minimum Gasteiger partial charge on any atom is -0.226 e. The van der Waals surface area contributed by atoms with E-state index in [1.54, 1.807) is 11.3 Å². The minimum atomic E-state index is 0.753. The van der Waals surface area contributed by atoms with Crippen LogP contribution >= 0.6 is 27.3 Å². The van der Waals surface area contributed by atoms with Gasteiger partial charge in [-0.15, -0.1) is 11.3 Å². The maximum atomic E-state index is 5.21. The van der Waals surface area contributed by atoms with E-state index in [1.165, 1.54) is 20.9 Å². The van der Waals surface area contributed by atoms with E-state index in [-0.39, 0.29) is 0 Å². The highest BCUT2D eigenvalue weighted by atomic mass is 79.9. The van der Waals surface area contributed by atoms with Crippen molar-refractivity contribution < 1.29 is 0 Å². The van der Waals surface area contributed by atoms with Crippen LogP contribution in [-0.2, 0) is 0 Å². The summed E-state index contributed by atoms with van der Waals surface area (Å²) in [5, 5.41) is 5.91. The Hall–Kier alpha value is -3.60. The number of fused-ring (bicyclic) bond motifs is 5. The number of halogens is 1. The molecule has 7 aromatic rings. The average Bonchev–Trinajstić information content (AvgIpc) is 3.27. The number of rotatable bonds is 2. The first-order chi connectivity index (χ1) is 16.8. The second-order valence-corrected chi connectivity index (χ2v) is 10.3. The number of aromatic nitrogens is 2. The third-order valence-corrected chi connectivity index (χ3v) is 8.21. The normalized spacial score (nSPS) is 11.7. The summed E-state index contributed by atoms with van der Waals surface area (Å²) in [6.45, 7) is 0. The first-order valence-corrected chi connectivity index (χ1v) is 12.7. The molecule has 0 saturated carbocycles. The molecule has 0 aliphatic carbocycles. The molecule has 0 fully saturated rings. The van der Waals surface area contributed by atoms with Gasteiger partial charge in [-0.1, -0.05) is 94.8 Å². The maximum absolute atomic E-state index is 5.21. The van der Waals surface area contributed by atoms with Crippen LogP contribution in [0.15, 0.2) is 108 Å². The van der Waals surface area contributed by atoms with Crippen LogP contribution in [0.3, 0.4) is 0 Å². The van der Waals surface area contributed by atoms with Gasteiger partial charge in [-0.2, -0.15) is 0 Å².